The highest BCUT2D eigenvalue weighted by molar-refractivity contribution is 8.01. The molecule has 4 aromatic rings. The molecule has 1 aromatic carbocycles. The molecule has 0 saturated carbocycles. The number of fused-ring (bicyclic) bond motifs is 1. The molecule has 14 heteroatoms. The third-order valence-electron chi connectivity index (χ3n) is 4.66. The first kappa shape index (κ1) is 22.5. The molecule has 4 rings (SSSR count). The van der Waals surface area contributed by atoms with Crippen molar-refractivity contribution in [3.05, 3.63) is 45.1 Å². The Kier molecular flexibility index (Phi) is 6.20. The smallest absolute Gasteiger partial charge is 0.332 e. The number of benzene rings is 1. The lowest BCUT2D eigenvalue weighted by molar-refractivity contribution is 0.262. The largest absolute Gasteiger partial charge is 0.494 e. The molecular weight excluding hydrogens is 468 g/mol. The number of amides is 2. The molecule has 2 amide bonds. The standard InChI is InChI=1S/C19H20N8O4S2/c1-5-31-11-8-6-10(7-9-11)20-15(29)22-16-23-24-18(32-16)33-17-21-13-12(25(17)2)14(28)27(4)19(30)26(13)3/h6-9H,5H2,1-4H3,(H2,20,22,23,29). The molecule has 33 heavy (non-hydrogen) atoms. The van der Waals surface area contributed by atoms with E-state index >= 15 is 0 Å². The molecule has 0 fully saturated rings. The summed E-state index contributed by atoms with van der Waals surface area (Å²) in [5.74, 6) is 0.717. The Bertz CT molecular complexity index is 1450. The van der Waals surface area contributed by atoms with E-state index in [0.717, 1.165) is 15.9 Å². The minimum atomic E-state index is -0.465. The number of rotatable bonds is 6. The van der Waals surface area contributed by atoms with E-state index in [2.05, 4.69) is 25.8 Å². The molecule has 12 nitrogen and oxygen atoms in total. The Balaban J connectivity index is 1.47. The molecule has 0 radical (unpaired) electrons. The molecule has 3 heterocycles. The van der Waals surface area contributed by atoms with E-state index < -0.39 is 17.3 Å². The average molecular weight is 489 g/mol. The van der Waals surface area contributed by atoms with Gasteiger partial charge in [0, 0.05) is 26.8 Å². The van der Waals surface area contributed by atoms with Crippen LogP contribution in [0.3, 0.4) is 0 Å². The maximum atomic E-state index is 12.5. The van der Waals surface area contributed by atoms with Gasteiger partial charge in [-0.2, -0.15) is 0 Å². The van der Waals surface area contributed by atoms with Gasteiger partial charge in [-0.3, -0.25) is 19.2 Å². The van der Waals surface area contributed by atoms with Crippen LogP contribution in [0.4, 0.5) is 15.6 Å². The average Bonchev–Trinajstić information content (AvgIpc) is 3.36. The topological polar surface area (TPSA) is 138 Å². The van der Waals surface area contributed by atoms with Crippen LogP contribution >= 0.6 is 23.1 Å². The zero-order valence-electron chi connectivity index (χ0n) is 18.1. The minimum absolute atomic E-state index is 0.283. The van der Waals surface area contributed by atoms with E-state index in [4.69, 9.17) is 4.74 Å². The summed E-state index contributed by atoms with van der Waals surface area (Å²) in [5.41, 5.74) is 0.302. The number of urea groups is 1. The first-order valence-corrected chi connectivity index (χ1v) is 11.4. The maximum Gasteiger partial charge on any atom is 0.332 e. The lowest BCUT2D eigenvalue weighted by Gasteiger charge is -2.06. The molecule has 0 aliphatic carbocycles. The SMILES string of the molecule is CCOc1ccc(NC(=O)Nc2nnc(Sc3nc4c(c(=O)n(C)c(=O)n4C)n3C)s2)cc1. The van der Waals surface area contributed by atoms with E-state index in [1.807, 2.05) is 6.92 Å². The van der Waals surface area contributed by atoms with Crippen molar-refractivity contribution in [2.24, 2.45) is 21.1 Å². The van der Waals surface area contributed by atoms with Gasteiger partial charge in [-0.05, 0) is 43.0 Å². The van der Waals surface area contributed by atoms with Gasteiger partial charge in [-0.15, -0.1) is 10.2 Å². The first-order chi connectivity index (χ1) is 15.8. The number of imidazole rings is 1. The molecule has 0 saturated heterocycles. The number of hydrogen-bond acceptors (Lipinski definition) is 9. The van der Waals surface area contributed by atoms with Crippen LogP contribution in [0.5, 0.6) is 5.75 Å². The van der Waals surface area contributed by atoms with Gasteiger partial charge in [0.1, 0.15) is 5.75 Å². The van der Waals surface area contributed by atoms with E-state index in [-0.39, 0.29) is 5.65 Å². The molecular formula is C19H20N8O4S2. The van der Waals surface area contributed by atoms with Crippen molar-refractivity contribution in [3.8, 4) is 5.75 Å². The highest BCUT2D eigenvalue weighted by Crippen LogP contribution is 2.32. The van der Waals surface area contributed by atoms with Crippen LogP contribution in [0.2, 0.25) is 0 Å². The van der Waals surface area contributed by atoms with E-state index in [9.17, 15) is 14.4 Å². The fraction of sp³-hybridized carbons (Fsp3) is 0.263. The van der Waals surface area contributed by atoms with Crippen LogP contribution in [0.1, 0.15) is 6.92 Å². The minimum Gasteiger partial charge on any atom is -0.494 e. The molecule has 0 unspecified atom stereocenters. The molecule has 0 aliphatic rings. The number of aryl methyl sites for hydroxylation is 2. The van der Waals surface area contributed by atoms with Gasteiger partial charge in [-0.1, -0.05) is 11.3 Å². The highest BCUT2D eigenvalue weighted by atomic mass is 32.2. The second-order valence-electron chi connectivity index (χ2n) is 6.84. The highest BCUT2D eigenvalue weighted by Gasteiger charge is 2.19. The van der Waals surface area contributed by atoms with Gasteiger partial charge in [0.2, 0.25) is 5.13 Å². The normalized spacial score (nSPS) is 11.0. The van der Waals surface area contributed by atoms with Crippen molar-refractivity contribution in [1.82, 2.24) is 28.9 Å². The number of ether oxygens (including phenoxy) is 1. The summed E-state index contributed by atoms with van der Waals surface area (Å²) in [4.78, 5) is 41.4. The second-order valence-corrected chi connectivity index (χ2v) is 9.03. The van der Waals surface area contributed by atoms with E-state index in [1.165, 1.54) is 23.4 Å². The van der Waals surface area contributed by atoms with Gasteiger partial charge in [-0.25, -0.2) is 14.6 Å². The van der Waals surface area contributed by atoms with Crippen LogP contribution < -0.4 is 26.6 Å². The van der Waals surface area contributed by atoms with Crippen molar-refractivity contribution in [2.75, 3.05) is 17.2 Å². The van der Waals surface area contributed by atoms with Gasteiger partial charge in [0.05, 0.1) is 6.61 Å². The summed E-state index contributed by atoms with van der Waals surface area (Å²) in [7, 11) is 4.67. The van der Waals surface area contributed by atoms with Gasteiger partial charge < -0.3 is 14.6 Å². The second kappa shape index (κ2) is 9.07. The van der Waals surface area contributed by atoms with Crippen molar-refractivity contribution < 1.29 is 9.53 Å². The van der Waals surface area contributed by atoms with Crippen molar-refractivity contribution >= 4 is 51.1 Å². The molecule has 172 valence electrons. The fourth-order valence-corrected chi connectivity index (χ4v) is 4.73. The van der Waals surface area contributed by atoms with E-state index in [0.29, 0.717) is 38.2 Å². The predicted molar refractivity (Wildman–Crippen MR) is 125 cm³/mol. The number of carbonyl (C=O) groups is 1. The Labute approximate surface area is 195 Å². The zero-order valence-corrected chi connectivity index (χ0v) is 19.8. The number of aromatic nitrogens is 6. The summed E-state index contributed by atoms with van der Waals surface area (Å²) in [6.07, 6.45) is 0. The summed E-state index contributed by atoms with van der Waals surface area (Å²) in [6.45, 7) is 2.46. The Morgan fingerprint density at radius 2 is 1.79 bits per heavy atom. The number of nitrogens with one attached hydrogen (secondary N) is 2. The zero-order chi connectivity index (χ0) is 23.7. The first-order valence-electron chi connectivity index (χ1n) is 9.73. The predicted octanol–water partition coefficient (Wildman–Crippen LogP) is 2.02. The van der Waals surface area contributed by atoms with Crippen molar-refractivity contribution in [3.63, 3.8) is 0 Å². The van der Waals surface area contributed by atoms with Gasteiger partial charge in [0.15, 0.2) is 20.7 Å². The molecule has 3 aromatic heterocycles. The fourth-order valence-electron chi connectivity index (χ4n) is 3.03. The lowest BCUT2D eigenvalue weighted by atomic mass is 10.3. The quantitative estimate of drug-likeness (QED) is 0.393. The Morgan fingerprint density at radius 1 is 1.06 bits per heavy atom. The molecule has 0 atom stereocenters. The van der Waals surface area contributed by atoms with Crippen LogP contribution in [0, 0.1) is 0 Å². The lowest BCUT2D eigenvalue weighted by Crippen LogP contribution is -2.37. The number of anilines is 2. The number of carbonyl (C=O) groups excluding carboxylic acids is 1. The van der Waals surface area contributed by atoms with Crippen molar-refractivity contribution in [2.45, 2.75) is 16.4 Å². The summed E-state index contributed by atoms with van der Waals surface area (Å²) in [5, 5.41) is 14.1. The summed E-state index contributed by atoms with van der Waals surface area (Å²) < 4.78 is 9.84. The molecule has 2 N–H and O–H groups in total. The van der Waals surface area contributed by atoms with Crippen molar-refractivity contribution in [1.29, 1.82) is 0 Å². The molecule has 0 spiro atoms. The van der Waals surface area contributed by atoms with E-state index in [1.54, 1.807) is 42.9 Å². The van der Waals surface area contributed by atoms with Crippen LogP contribution in [0.15, 0.2) is 43.4 Å². The number of hydrogen-bond donors (Lipinski definition) is 2. The summed E-state index contributed by atoms with van der Waals surface area (Å²) >= 11 is 2.33. The van der Waals surface area contributed by atoms with Crippen LogP contribution in [0.25, 0.3) is 11.2 Å². The Hall–Kier alpha value is -3.65. The van der Waals surface area contributed by atoms with Crippen LogP contribution in [-0.2, 0) is 21.1 Å². The summed E-state index contributed by atoms with van der Waals surface area (Å²) in [6, 6.07) is 6.52. The van der Waals surface area contributed by atoms with Gasteiger partial charge >= 0.3 is 11.7 Å². The monoisotopic (exact) mass is 488 g/mol. The molecule has 0 bridgehead atoms. The maximum absolute atomic E-state index is 12.5. The Morgan fingerprint density at radius 3 is 2.48 bits per heavy atom. The third-order valence-corrected chi connectivity index (χ3v) is 6.60. The van der Waals surface area contributed by atoms with Crippen LogP contribution in [-0.4, -0.2) is 41.5 Å². The third kappa shape index (κ3) is 4.47. The van der Waals surface area contributed by atoms with Gasteiger partial charge in [0.25, 0.3) is 5.56 Å². The number of nitrogens with zero attached hydrogens (tertiary/aromatic N) is 6. The molecule has 0 aliphatic heterocycles.